The van der Waals surface area contributed by atoms with Crippen molar-refractivity contribution in [3.63, 3.8) is 0 Å². The number of amides is 1. The number of nitrogens with zero attached hydrogens (tertiary/aromatic N) is 1. The number of anilines is 2. The van der Waals surface area contributed by atoms with Crippen LogP contribution in [0.15, 0.2) is 77.7 Å². The predicted molar refractivity (Wildman–Crippen MR) is 117 cm³/mol. The van der Waals surface area contributed by atoms with Gasteiger partial charge in [0.1, 0.15) is 6.54 Å². The number of hydrogen-bond donors (Lipinski definition) is 1. The Balaban J connectivity index is 1.98. The highest BCUT2D eigenvalue weighted by Gasteiger charge is 2.28. The van der Waals surface area contributed by atoms with Crippen LogP contribution in [0.4, 0.5) is 11.4 Å². The molecule has 29 heavy (non-hydrogen) atoms. The fourth-order valence-corrected chi connectivity index (χ4v) is 4.71. The predicted octanol–water partition coefficient (Wildman–Crippen LogP) is 4.79. The highest BCUT2D eigenvalue weighted by atomic mass is 35.5. The van der Waals surface area contributed by atoms with Crippen molar-refractivity contribution in [3.8, 4) is 0 Å². The Bertz CT molecular complexity index is 1130. The summed E-state index contributed by atoms with van der Waals surface area (Å²) in [5.74, 6) is -0.440. The van der Waals surface area contributed by atoms with E-state index in [2.05, 4.69) is 5.32 Å². The summed E-state index contributed by atoms with van der Waals surface area (Å²) in [4.78, 5) is 12.8. The largest absolute Gasteiger partial charge is 0.325 e. The maximum absolute atomic E-state index is 13.3. The van der Waals surface area contributed by atoms with Crippen molar-refractivity contribution >= 4 is 38.9 Å². The number of aryl methyl sites for hydroxylation is 2. The second-order valence-corrected chi connectivity index (χ2v) is 8.97. The third-order valence-corrected chi connectivity index (χ3v) is 6.36. The molecule has 7 heteroatoms. The molecule has 0 heterocycles. The quantitative estimate of drug-likeness (QED) is 0.613. The van der Waals surface area contributed by atoms with Gasteiger partial charge in [0.2, 0.25) is 5.91 Å². The van der Waals surface area contributed by atoms with Crippen LogP contribution in [0.3, 0.4) is 0 Å². The fourth-order valence-electron chi connectivity index (χ4n) is 2.97. The highest BCUT2D eigenvalue weighted by molar-refractivity contribution is 7.92. The summed E-state index contributed by atoms with van der Waals surface area (Å²) in [6.07, 6.45) is 0. The van der Waals surface area contributed by atoms with Crippen LogP contribution in [0, 0.1) is 13.8 Å². The number of benzene rings is 3. The molecule has 1 N–H and O–H groups in total. The lowest BCUT2D eigenvalue weighted by atomic mass is 10.2. The van der Waals surface area contributed by atoms with Crippen LogP contribution in [-0.4, -0.2) is 20.9 Å². The lowest BCUT2D eigenvalue weighted by Crippen LogP contribution is -2.38. The van der Waals surface area contributed by atoms with E-state index in [1.54, 1.807) is 49.4 Å². The molecule has 0 radical (unpaired) electrons. The van der Waals surface area contributed by atoms with Crippen LogP contribution in [0.2, 0.25) is 5.02 Å². The van der Waals surface area contributed by atoms with Crippen molar-refractivity contribution in [2.75, 3.05) is 16.2 Å². The van der Waals surface area contributed by atoms with Crippen molar-refractivity contribution in [2.45, 2.75) is 18.7 Å². The molecule has 0 aromatic heterocycles. The van der Waals surface area contributed by atoms with Crippen LogP contribution >= 0.6 is 11.6 Å². The summed E-state index contributed by atoms with van der Waals surface area (Å²) in [5.41, 5.74) is 2.66. The Morgan fingerprint density at radius 1 is 0.966 bits per heavy atom. The summed E-state index contributed by atoms with van der Waals surface area (Å²) < 4.78 is 27.8. The molecule has 0 aliphatic rings. The molecular formula is C22H21ClN2O3S. The molecule has 0 saturated heterocycles. The van der Waals surface area contributed by atoms with Gasteiger partial charge in [-0.05, 0) is 67.4 Å². The first kappa shape index (κ1) is 20.9. The summed E-state index contributed by atoms with van der Waals surface area (Å²) in [6.45, 7) is 3.31. The number of halogens is 1. The summed E-state index contributed by atoms with van der Waals surface area (Å²) in [7, 11) is -3.96. The second kappa shape index (κ2) is 8.68. The molecule has 150 valence electrons. The van der Waals surface area contributed by atoms with E-state index in [1.807, 2.05) is 25.1 Å². The first-order chi connectivity index (χ1) is 13.8. The maximum atomic E-state index is 13.3. The fraction of sp³-hybridized carbons (Fsp3) is 0.136. The third-order valence-electron chi connectivity index (χ3n) is 4.35. The van der Waals surface area contributed by atoms with E-state index >= 15 is 0 Å². The molecule has 5 nitrogen and oxygen atoms in total. The van der Waals surface area contributed by atoms with Gasteiger partial charge in [-0.1, -0.05) is 41.9 Å². The Morgan fingerprint density at radius 2 is 1.69 bits per heavy atom. The number of rotatable bonds is 6. The molecular weight excluding hydrogens is 408 g/mol. The number of sulfonamides is 1. The zero-order valence-electron chi connectivity index (χ0n) is 16.1. The monoisotopic (exact) mass is 428 g/mol. The lowest BCUT2D eigenvalue weighted by Gasteiger charge is -2.25. The third kappa shape index (κ3) is 4.96. The SMILES string of the molecule is Cc1cccc(NC(=O)CN(c2ccc(Cl)cc2C)S(=O)(=O)c2ccccc2)c1. The number of nitrogens with one attached hydrogen (secondary N) is 1. The molecule has 0 fully saturated rings. The Hall–Kier alpha value is -2.83. The Labute approximate surface area is 176 Å². The summed E-state index contributed by atoms with van der Waals surface area (Å²) in [6, 6.07) is 20.2. The lowest BCUT2D eigenvalue weighted by molar-refractivity contribution is -0.114. The second-order valence-electron chi connectivity index (χ2n) is 6.67. The van der Waals surface area contributed by atoms with Gasteiger partial charge in [0.15, 0.2) is 0 Å². The van der Waals surface area contributed by atoms with Crippen molar-refractivity contribution in [2.24, 2.45) is 0 Å². The van der Waals surface area contributed by atoms with Gasteiger partial charge in [0.05, 0.1) is 10.6 Å². The summed E-state index contributed by atoms with van der Waals surface area (Å²) >= 11 is 6.03. The molecule has 1 amide bonds. The molecule has 3 rings (SSSR count). The average Bonchev–Trinajstić information content (AvgIpc) is 2.67. The molecule has 3 aromatic rings. The molecule has 0 unspecified atom stereocenters. The Morgan fingerprint density at radius 3 is 2.34 bits per heavy atom. The van der Waals surface area contributed by atoms with Gasteiger partial charge in [-0.25, -0.2) is 8.42 Å². The van der Waals surface area contributed by atoms with E-state index in [4.69, 9.17) is 11.6 Å². The minimum absolute atomic E-state index is 0.109. The minimum atomic E-state index is -3.96. The van der Waals surface area contributed by atoms with Crippen molar-refractivity contribution in [3.05, 3.63) is 88.9 Å². The van der Waals surface area contributed by atoms with Crippen LogP contribution in [0.25, 0.3) is 0 Å². The number of carbonyl (C=O) groups is 1. The van der Waals surface area contributed by atoms with Gasteiger partial charge in [0.25, 0.3) is 10.0 Å². The van der Waals surface area contributed by atoms with Crippen molar-refractivity contribution < 1.29 is 13.2 Å². The van der Waals surface area contributed by atoms with E-state index in [1.165, 1.54) is 12.1 Å². The normalized spacial score (nSPS) is 11.1. The topological polar surface area (TPSA) is 66.5 Å². The zero-order chi connectivity index (χ0) is 21.0. The summed E-state index contributed by atoms with van der Waals surface area (Å²) in [5, 5.41) is 3.26. The molecule has 0 saturated carbocycles. The molecule has 3 aromatic carbocycles. The van der Waals surface area contributed by atoms with Gasteiger partial charge in [-0.15, -0.1) is 0 Å². The standard InChI is InChI=1S/C22H21ClN2O3S/c1-16-7-6-8-19(13-16)24-22(26)15-25(21-12-11-18(23)14-17(21)2)29(27,28)20-9-4-3-5-10-20/h3-14H,15H2,1-2H3,(H,24,26). The van der Waals surface area contributed by atoms with Crippen LogP contribution in [0.1, 0.15) is 11.1 Å². The Kier molecular flexibility index (Phi) is 6.25. The van der Waals surface area contributed by atoms with Gasteiger partial charge < -0.3 is 5.32 Å². The molecule has 0 atom stereocenters. The van der Waals surface area contributed by atoms with Gasteiger partial charge in [-0.3, -0.25) is 9.10 Å². The first-order valence-corrected chi connectivity index (χ1v) is 10.8. The van der Waals surface area contributed by atoms with E-state index in [-0.39, 0.29) is 11.4 Å². The minimum Gasteiger partial charge on any atom is -0.325 e. The molecule has 0 spiro atoms. The average molecular weight is 429 g/mol. The number of hydrogen-bond acceptors (Lipinski definition) is 3. The van der Waals surface area contributed by atoms with Crippen molar-refractivity contribution in [1.29, 1.82) is 0 Å². The first-order valence-electron chi connectivity index (χ1n) is 8.98. The maximum Gasteiger partial charge on any atom is 0.264 e. The smallest absolute Gasteiger partial charge is 0.264 e. The van der Waals surface area contributed by atoms with Gasteiger partial charge >= 0.3 is 0 Å². The molecule has 0 bridgehead atoms. The van der Waals surface area contributed by atoms with Crippen LogP contribution in [0.5, 0.6) is 0 Å². The molecule has 0 aliphatic carbocycles. The van der Waals surface area contributed by atoms with Crippen LogP contribution < -0.4 is 9.62 Å². The molecule has 0 aliphatic heterocycles. The number of carbonyl (C=O) groups excluding carboxylic acids is 1. The van der Waals surface area contributed by atoms with Crippen LogP contribution in [-0.2, 0) is 14.8 Å². The van der Waals surface area contributed by atoms with Gasteiger partial charge in [0, 0.05) is 10.7 Å². The van der Waals surface area contributed by atoms with Crippen molar-refractivity contribution in [1.82, 2.24) is 0 Å². The van der Waals surface area contributed by atoms with E-state index < -0.39 is 15.9 Å². The van der Waals surface area contributed by atoms with Gasteiger partial charge in [-0.2, -0.15) is 0 Å². The zero-order valence-corrected chi connectivity index (χ0v) is 17.7. The van der Waals surface area contributed by atoms with E-state index in [0.717, 1.165) is 9.87 Å². The highest BCUT2D eigenvalue weighted by Crippen LogP contribution is 2.29. The van der Waals surface area contributed by atoms with E-state index in [9.17, 15) is 13.2 Å². The van der Waals surface area contributed by atoms with E-state index in [0.29, 0.717) is 22.0 Å².